The number of esters is 1. The lowest BCUT2D eigenvalue weighted by molar-refractivity contribution is -0.0768. The summed E-state index contributed by atoms with van der Waals surface area (Å²) in [6.07, 6.45) is 0.763. The van der Waals surface area contributed by atoms with Crippen LogP contribution in [-0.4, -0.2) is 101 Å². The average Bonchev–Trinajstić information content (AvgIpc) is 2.88. The quantitative estimate of drug-likeness (QED) is 0.390. The number of hydrogen-bond acceptors (Lipinski definition) is 7. The largest absolute Gasteiger partial charge is 0.462 e. The van der Waals surface area contributed by atoms with Crippen LogP contribution in [0.15, 0.2) is 54.6 Å². The van der Waals surface area contributed by atoms with Gasteiger partial charge < -0.3 is 14.4 Å². The van der Waals surface area contributed by atoms with E-state index in [0.29, 0.717) is 30.4 Å². The highest BCUT2D eigenvalue weighted by molar-refractivity contribution is 7.90. The van der Waals surface area contributed by atoms with Crippen LogP contribution < -0.4 is 4.31 Å². The molecule has 202 valence electrons. The lowest BCUT2D eigenvalue weighted by Gasteiger charge is -2.42. The Morgan fingerprint density at radius 3 is 2.30 bits per heavy atom. The van der Waals surface area contributed by atoms with E-state index in [1.807, 2.05) is 18.2 Å². The zero-order valence-corrected chi connectivity index (χ0v) is 22.6. The lowest BCUT2D eigenvalue weighted by Crippen LogP contribution is -2.56. The van der Waals surface area contributed by atoms with Gasteiger partial charge in [0.2, 0.25) is 0 Å². The van der Waals surface area contributed by atoms with E-state index in [1.54, 1.807) is 50.4 Å². The van der Waals surface area contributed by atoms with E-state index in [9.17, 15) is 13.2 Å². The van der Waals surface area contributed by atoms with Gasteiger partial charge >= 0.3 is 16.2 Å². The number of hydrogen-bond donors (Lipinski definition) is 0. The van der Waals surface area contributed by atoms with Crippen molar-refractivity contribution in [3.63, 3.8) is 0 Å². The Hall–Kier alpha value is -2.50. The highest BCUT2D eigenvalue weighted by Gasteiger charge is 2.30. The van der Waals surface area contributed by atoms with Gasteiger partial charge in [0.15, 0.2) is 0 Å². The Labute approximate surface area is 220 Å². The van der Waals surface area contributed by atoms with Gasteiger partial charge in [-0.05, 0) is 49.7 Å². The summed E-state index contributed by atoms with van der Waals surface area (Å²) < 4.78 is 40.6. The zero-order chi connectivity index (χ0) is 26.3. The van der Waals surface area contributed by atoms with Gasteiger partial charge in [-0.15, -0.1) is 0 Å². The number of nitrogens with zero attached hydrogens (tertiary/aromatic N) is 4. The van der Waals surface area contributed by atoms with E-state index in [1.165, 1.54) is 8.61 Å². The molecule has 2 saturated heterocycles. The maximum absolute atomic E-state index is 13.7. The fourth-order valence-corrected chi connectivity index (χ4v) is 6.01. The van der Waals surface area contributed by atoms with E-state index in [0.717, 1.165) is 57.9 Å². The van der Waals surface area contributed by atoms with E-state index in [-0.39, 0.29) is 12.5 Å². The third-order valence-corrected chi connectivity index (χ3v) is 8.87. The molecule has 0 spiro atoms. The number of piperazine rings is 1. The van der Waals surface area contributed by atoms with Crippen LogP contribution in [0.1, 0.15) is 29.3 Å². The van der Waals surface area contributed by atoms with Crippen molar-refractivity contribution < 1.29 is 22.7 Å². The molecule has 0 radical (unpaired) electrons. The summed E-state index contributed by atoms with van der Waals surface area (Å²) >= 11 is 0. The highest BCUT2D eigenvalue weighted by Crippen LogP contribution is 2.23. The normalized spacial score (nSPS) is 17.5. The molecule has 0 amide bonds. The molecule has 0 N–H and O–H groups in total. The summed E-state index contributed by atoms with van der Waals surface area (Å²) in [6.45, 7) is 9.31. The van der Waals surface area contributed by atoms with Crippen LogP contribution in [-0.2, 0) is 26.2 Å². The molecule has 0 saturated carbocycles. The number of ether oxygens (including phenoxy) is 2. The van der Waals surface area contributed by atoms with Crippen LogP contribution in [0.3, 0.4) is 0 Å². The molecule has 9 nitrogen and oxygen atoms in total. The van der Waals surface area contributed by atoms with Crippen LogP contribution in [0.5, 0.6) is 0 Å². The summed E-state index contributed by atoms with van der Waals surface area (Å²) in [5.74, 6) is -0.389. The molecule has 2 aliphatic heterocycles. The monoisotopic (exact) mass is 530 g/mol. The van der Waals surface area contributed by atoms with E-state index < -0.39 is 10.2 Å². The molecule has 0 atom stereocenters. The summed E-state index contributed by atoms with van der Waals surface area (Å²) in [5.41, 5.74) is 1.82. The second kappa shape index (κ2) is 12.8. The van der Waals surface area contributed by atoms with Crippen LogP contribution in [0, 0.1) is 0 Å². The van der Waals surface area contributed by atoms with Crippen LogP contribution in [0.25, 0.3) is 0 Å². The molecule has 2 aliphatic rings. The minimum Gasteiger partial charge on any atom is -0.462 e. The van der Waals surface area contributed by atoms with Crippen molar-refractivity contribution in [2.75, 3.05) is 70.4 Å². The molecular formula is C27H38N4O5S. The molecule has 37 heavy (non-hydrogen) atoms. The number of para-hydroxylation sites is 1. The first-order valence-electron chi connectivity index (χ1n) is 13.0. The first-order chi connectivity index (χ1) is 17.9. The highest BCUT2D eigenvalue weighted by atomic mass is 32.2. The number of anilines is 1. The van der Waals surface area contributed by atoms with Crippen LogP contribution in [0.2, 0.25) is 0 Å². The third kappa shape index (κ3) is 7.08. The Morgan fingerprint density at radius 2 is 1.70 bits per heavy atom. The number of rotatable bonds is 12. The van der Waals surface area contributed by atoms with Gasteiger partial charge in [-0.2, -0.15) is 12.7 Å². The van der Waals surface area contributed by atoms with E-state index >= 15 is 0 Å². The number of carbonyl (C=O) groups excluding carboxylic acids is 1. The second-order valence-electron chi connectivity index (χ2n) is 9.51. The molecular weight excluding hydrogens is 492 g/mol. The first kappa shape index (κ1) is 27.5. The van der Waals surface area contributed by atoms with Gasteiger partial charge in [-0.3, -0.25) is 9.21 Å². The van der Waals surface area contributed by atoms with Crippen molar-refractivity contribution in [2.45, 2.75) is 25.9 Å². The Kier molecular flexibility index (Phi) is 9.55. The van der Waals surface area contributed by atoms with E-state index in [2.05, 4.69) is 9.80 Å². The van der Waals surface area contributed by atoms with Crippen molar-refractivity contribution in [2.24, 2.45) is 0 Å². The average molecular weight is 531 g/mol. The molecule has 0 aliphatic carbocycles. The predicted octanol–water partition coefficient (Wildman–Crippen LogP) is 2.45. The van der Waals surface area contributed by atoms with Gasteiger partial charge in [0, 0.05) is 39.8 Å². The fraction of sp³-hybridized carbons (Fsp3) is 0.519. The first-order valence-corrected chi connectivity index (χ1v) is 14.4. The summed E-state index contributed by atoms with van der Waals surface area (Å²) in [5, 5.41) is 0. The third-order valence-electron chi connectivity index (χ3n) is 7.00. The Bertz CT molecular complexity index is 1100. The van der Waals surface area contributed by atoms with Crippen LogP contribution in [0.4, 0.5) is 5.69 Å². The number of carbonyl (C=O) groups is 1. The molecule has 2 fully saturated rings. The van der Waals surface area contributed by atoms with Gasteiger partial charge in [-0.1, -0.05) is 30.3 Å². The standard InChI is InChI=1S/C27H38N4O5S/c1-3-36-27(32)24-12-10-23(11-13-24)20-31(25-8-5-4-6-9-25)37(33,34)28(2)14-7-15-29-16-18-30(19-17-29)26-21-35-22-26/h4-6,8-13,26H,3,7,14-22H2,1-2H3. The molecule has 0 unspecified atom stereocenters. The smallest absolute Gasteiger partial charge is 0.338 e. The minimum atomic E-state index is -3.77. The maximum Gasteiger partial charge on any atom is 0.338 e. The van der Waals surface area contributed by atoms with Gasteiger partial charge in [0.1, 0.15) is 0 Å². The van der Waals surface area contributed by atoms with E-state index in [4.69, 9.17) is 9.47 Å². The SMILES string of the molecule is CCOC(=O)c1ccc(CN(c2ccccc2)S(=O)(=O)N(C)CCCN2CCN(C3COC3)CC2)cc1. The van der Waals surface area contributed by atoms with Crippen molar-refractivity contribution in [1.82, 2.24) is 14.1 Å². The van der Waals surface area contributed by atoms with Crippen LogP contribution >= 0.6 is 0 Å². The topological polar surface area (TPSA) is 82.6 Å². The van der Waals surface area contributed by atoms with Crippen molar-refractivity contribution in [3.05, 3.63) is 65.7 Å². The lowest BCUT2D eigenvalue weighted by atomic mass is 10.1. The summed E-state index contributed by atoms with van der Waals surface area (Å²) in [4.78, 5) is 16.9. The fourth-order valence-electron chi connectivity index (χ4n) is 4.61. The molecule has 2 heterocycles. The van der Waals surface area contributed by atoms with Crippen molar-refractivity contribution in [1.29, 1.82) is 0 Å². The number of benzene rings is 2. The minimum absolute atomic E-state index is 0.159. The van der Waals surface area contributed by atoms with Gasteiger partial charge in [0.05, 0.1) is 43.7 Å². The molecule has 4 rings (SSSR count). The molecule has 2 aromatic carbocycles. The van der Waals surface area contributed by atoms with Gasteiger partial charge in [-0.25, -0.2) is 4.79 Å². The van der Waals surface area contributed by atoms with Crippen molar-refractivity contribution >= 4 is 21.9 Å². The van der Waals surface area contributed by atoms with Crippen molar-refractivity contribution in [3.8, 4) is 0 Å². The molecule has 10 heteroatoms. The molecule has 2 aromatic rings. The maximum atomic E-state index is 13.7. The molecule has 0 aromatic heterocycles. The summed E-state index contributed by atoms with van der Waals surface area (Å²) in [7, 11) is -2.13. The summed E-state index contributed by atoms with van der Waals surface area (Å²) in [6, 6.07) is 16.6. The zero-order valence-electron chi connectivity index (χ0n) is 21.8. The van der Waals surface area contributed by atoms with Gasteiger partial charge in [0.25, 0.3) is 0 Å². The Balaban J connectivity index is 1.36. The molecule has 0 bridgehead atoms. The second-order valence-corrected chi connectivity index (χ2v) is 11.5. The predicted molar refractivity (Wildman–Crippen MR) is 144 cm³/mol. The Morgan fingerprint density at radius 1 is 1.03 bits per heavy atom.